The van der Waals surface area contributed by atoms with Crippen LogP contribution in [-0.2, 0) is 13.0 Å². The zero-order valence-corrected chi connectivity index (χ0v) is 13.0. The molecule has 0 spiro atoms. The normalized spacial score (nSPS) is 14.0. The van der Waals surface area contributed by atoms with E-state index in [0.717, 1.165) is 23.3 Å². The first kappa shape index (κ1) is 15.3. The summed E-state index contributed by atoms with van der Waals surface area (Å²) in [5, 5.41) is 17.6. The molecule has 0 saturated heterocycles. The monoisotopic (exact) mass is 330 g/mol. The van der Waals surface area contributed by atoms with Crippen molar-refractivity contribution in [2.24, 2.45) is 21.2 Å². The van der Waals surface area contributed by atoms with Crippen LogP contribution in [0.2, 0.25) is 5.02 Å². The van der Waals surface area contributed by atoms with Crippen LogP contribution in [-0.4, -0.2) is 17.5 Å². The highest BCUT2D eigenvalue weighted by atomic mass is 35.5. The van der Waals surface area contributed by atoms with Crippen LogP contribution in [0.5, 0.6) is 11.5 Å². The highest BCUT2D eigenvalue weighted by Crippen LogP contribution is 2.30. The van der Waals surface area contributed by atoms with E-state index < -0.39 is 0 Å². The highest BCUT2D eigenvalue weighted by Gasteiger charge is 2.19. The lowest BCUT2D eigenvalue weighted by Crippen LogP contribution is -2.02. The second kappa shape index (κ2) is 6.66. The van der Waals surface area contributed by atoms with Gasteiger partial charge < -0.3 is 15.7 Å². The minimum atomic E-state index is 0.122. The summed E-state index contributed by atoms with van der Waals surface area (Å²) in [5.74, 6) is 6.43. The molecular weight excluding hydrogens is 316 g/mol. The van der Waals surface area contributed by atoms with Crippen molar-refractivity contribution >= 4 is 17.4 Å². The van der Waals surface area contributed by atoms with Gasteiger partial charge in [0.1, 0.15) is 11.5 Å². The van der Waals surface area contributed by atoms with Crippen molar-refractivity contribution in [1.82, 2.24) is 0 Å². The van der Waals surface area contributed by atoms with E-state index in [4.69, 9.17) is 22.2 Å². The average Bonchev–Trinajstić information content (AvgIpc) is 3.03. The number of halogens is 1. The maximum atomic E-state index is 9.87. The van der Waals surface area contributed by atoms with Crippen LogP contribution in [0.25, 0.3) is 0 Å². The molecule has 0 saturated carbocycles. The zero-order valence-electron chi connectivity index (χ0n) is 12.2. The molecule has 1 aliphatic rings. The molecule has 1 heterocycles. The fourth-order valence-electron chi connectivity index (χ4n) is 2.46. The quantitative estimate of drug-likeness (QED) is 0.297. The van der Waals surface area contributed by atoms with Crippen molar-refractivity contribution in [2.45, 2.75) is 13.0 Å². The lowest BCUT2D eigenvalue weighted by Gasteiger charge is -2.07. The van der Waals surface area contributed by atoms with Crippen molar-refractivity contribution in [3.8, 4) is 11.5 Å². The van der Waals surface area contributed by atoms with Gasteiger partial charge in [0.25, 0.3) is 0 Å². The molecule has 2 aromatic rings. The average molecular weight is 331 g/mol. The summed E-state index contributed by atoms with van der Waals surface area (Å²) in [6.07, 6.45) is 0.852. The van der Waals surface area contributed by atoms with E-state index in [2.05, 4.69) is 15.3 Å². The Bertz CT molecular complexity index is 790. The number of aliphatic imine (C=N–C) groups is 1. The third kappa shape index (κ3) is 3.27. The van der Waals surface area contributed by atoms with Crippen molar-refractivity contribution in [3.63, 3.8) is 0 Å². The highest BCUT2D eigenvalue weighted by molar-refractivity contribution is 6.30. The number of benzene rings is 2. The number of nitrogens with two attached hydrogens (primary N) is 1. The van der Waals surface area contributed by atoms with Gasteiger partial charge in [-0.05, 0) is 29.8 Å². The Hall–Kier alpha value is -2.60. The molecule has 0 radical (unpaired) electrons. The maximum absolute atomic E-state index is 9.87. The summed E-state index contributed by atoms with van der Waals surface area (Å²) in [6.45, 7) is 0.832. The molecule has 2 aromatic carbocycles. The fourth-order valence-corrected chi connectivity index (χ4v) is 2.65. The number of fused-ring (bicyclic) bond motifs is 1. The van der Waals surface area contributed by atoms with Crippen LogP contribution < -0.4 is 10.6 Å². The molecule has 0 bridgehead atoms. The van der Waals surface area contributed by atoms with Crippen LogP contribution >= 0.6 is 11.6 Å². The minimum Gasteiger partial charge on any atom is -0.508 e. The van der Waals surface area contributed by atoms with E-state index in [1.54, 1.807) is 12.1 Å². The third-order valence-electron chi connectivity index (χ3n) is 3.55. The number of hydrogen-bond acceptors (Lipinski definition) is 4. The number of aromatic hydroxyl groups is 1. The van der Waals surface area contributed by atoms with E-state index in [1.165, 1.54) is 6.07 Å². The molecule has 0 amide bonds. The number of nitrogens with zero attached hydrogens (tertiary/aromatic N) is 3. The van der Waals surface area contributed by atoms with Crippen LogP contribution in [0.4, 0.5) is 0 Å². The largest absolute Gasteiger partial charge is 0.508 e. The number of ether oxygens (including phenoxy) is 1. The summed E-state index contributed by atoms with van der Waals surface area (Å²) >= 11 is 5.95. The molecule has 23 heavy (non-hydrogen) atoms. The Balaban J connectivity index is 1.96. The van der Waals surface area contributed by atoms with Gasteiger partial charge in [0.05, 0.1) is 18.7 Å². The maximum Gasteiger partial charge on any atom is 0.182 e. The van der Waals surface area contributed by atoms with Gasteiger partial charge in [-0.3, -0.25) is 4.99 Å². The topological polar surface area (TPSA) is 92.6 Å². The van der Waals surface area contributed by atoms with Crippen LogP contribution in [0.1, 0.15) is 16.7 Å². The number of phenols is 1. The fraction of sp³-hybridized carbons (Fsp3) is 0.188. The first-order valence-electron chi connectivity index (χ1n) is 7.07. The smallest absolute Gasteiger partial charge is 0.182 e. The molecular formula is C16H15ClN4O2. The number of para-hydroxylation sites is 1. The molecule has 3 rings (SSSR count). The van der Waals surface area contributed by atoms with Gasteiger partial charge in [0.15, 0.2) is 5.84 Å². The summed E-state index contributed by atoms with van der Waals surface area (Å²) < 4.78 is 5.66. The van der Waals surface area contributed by atoms with E-state index >= 15 is 0 Å². The summed E-state index contributed by atoms with van der Waals surface area (Å²) in [7, 11) is 0. The summed E-state index contributed by atoms with van der Waals surface area (Å²) in [5.41, 5.74) is 2.43. The second-order valence-electron chi connectivity index (χ2n) is 5.02. The Morgan fingerprint density at radius 1 is 1.30 bits per heavy atom. The SMILES string of the molecule is NN=NC(=NCc1cc(Cl)ccc1O)c1cccc2c1OCC2. The van der Waals surface area contributed by atoms with Crippen LogP contribution in [0, 0.1) is 0 Å². The molecule has 3 N–H and O–H groups in total. The van der Waals surface area contributed by atoms with E-state index in [9.17, 15) is 5.11 Å². The van der Waals surface area contributed by atoms with Crippen molar-refractivity contribution in [1.29, 1.82) is 0 Å². The summed E-state index contributed by atoms with van der Waals surface area (Å²) in [4.78, 5) is 4.41. The molecule has 0 aliphatic carbocycles. The first-order chi connectivity index (χ1) is 11.2. The number of amidine groups is 1. The Labute approximate surface area is 138 Å². The van der Waals surface area contributed by atoms with Gasteiger partial charge in [-0.2, -0.15) is 0 Å². The van der Waals surface area contributed by atoms with Crippen molar-refractivity contribution in [2.75, 3.05) is 6.61 Å². The van der Waals surface area contributed by atoms with Gasteiger partial charge >= 0.3 is 0 Å². The lowest BCUT2D eigenvalue weighted by molar-refractivity contribution is 0.356. The number of phenolic OH excluding ortho intramolecular Hbond substituents is 1. The zero-order chi connectivity index (χ0) is 16.2. The molecule has 0 fully saturated rings. The van der Waals surface area contributed by atoms with Crippen molar-refractivity contribution < 1.29 is 9.84 Å². The summed E-state index contributed by atoms with van der Waals surface area (Å²) in [6, 6.07) is 10.6. The molecule has 118 valence electrons. The van der Waals surface area contributed by atoms with Gasteiger partial charge in [0.2, 0.25) is 0 Å². The van der Waals surface area contributed by atoms with Gasteiger partial charge in [-0.25, -0.2) is 0 Å². The third-order valence-corrected chi connectivity index (χ3v) is 3.78. The number of hydrogen-bond donors (Lipinski definition) is 2. The first-order valence-corrected chi connectivity index (χ1v) is 7.44. The predicted octanol–water partition coefficient (Wildman–Crippen LogP) is 3.25. The van der Waals surface area contributed by atoms with Gasteiger partial charge in [-0.1, -0.05) is 29.0 Å². The van der Waals surface area contributed by atoms with Crippen molar-refractivity contribution in [3.05, 3.63) is 58.1 Å². The second-order valence-corrected chi connectivity index (χ2v) is 5.46. The minimum absolute atomic E-state index is 0.122. The van der Waals surface area contributed by atoms with E-state index in [1.807, 2.05) is 18.2 Å². The molecule has 0 aromatic heterocycles. The Kier molecular flexibility index (Phi) is 4.43. The van der Waals surface area contributed by atoms with E-state index in [-0.39, 0.29) is 12.3 Å². The number of rotatable bonds is 3. The molecule has 1 aliphatic heterocycles. The molecule has 0 unspecified atom stereocenters. The standard InChI is InChI=1S/C16H15ClN4O2/c17-12-4-5-14(22)11(8-12)9-19-16(20-21-18)13-3-1-2-10-6-7-23-15(10)13/h1-5,8,22H,6-7,9H2,(H2,18,19,20). The Morgan fingerprint density at radius 2 is 2.17 bits per heavy atom. The molecule has 0 atom stereocenters. The molecule has 7 heteroatoms. The van der Waals surface area contributed by atoms with Crippen LogP contribution in [0.15, 0.2) is 51.7 Å². The molecule has 6 nitrogen and oxygen atoms in total. The lowest BCUT2D eigenvalue weighted by atomic mass is 10.1. The van der Waals surface area contributed by atoms with Gasteiger partial charge in [0, 0.05) is 17.0 Å². The predicted molar refractivity (Wildman–Crippen MR) is 88.0 cm³/mol. The Morgan fingerprint density at radius 3 is 3.00 bits per heavy atom. The van der Waals surface area contributed by atoms with Gasteiger partial charge in [-0.15, -0.1) is 5.11 Å². The van der Waals surface area contributed by atoms with Crippen LogP contribution in [0.3, 0.4) is 0 Å². The van der Waals surface area contributed by atoms with E-state index in [0.29, 0.717) is 23.0 Å².